The molecular formula is C13H12N4. The third kappa shape index (κ3) is 1.54. The summed E-state index contributed by atoms with van der Waals surface area (Å²) in [6, 6.07) is 8.16. The topological polar surface area (TPSA) is 56.7 Å². The smallest absolute Gasteiger partial charge is 0.0944 e. The summed E-state index contributed by atoms with van der Waals surface area (Å²) >= 11 is 0. The van der Waals surface area contributed by atoms with E-state index in [1.54, 1.807) is 18.6 Å². The summed E-state index contributed by atoms with van der Waals surface area (Å²) in [5.74, 6) is 0. The van der Waals surface area contributed by atoms with E-state index in [4.69, 9.17) is 5.73 Å². The van der Waals surface area contributed by atoms with Gasteiger partial charge < -0.3 is 5.73 Å². The zero-order chi connectivity index (χ0) is 11.8. The minimum absolute atomic E-state index is 0.654. The Morgan fingerprint density at radius 2 is 2.06 bits per heavy atom. The highest BCUT2D eigenvalue weighted by atomic mass is 15.3. The van der Waals surface area contributed by atoms with Crippen molar-refractivity contribution >= 4 is 16.6 Å². The largest absolute Gasteiger partial charge is 0.397 e. The molecule has 4 heteroatoms. The fraction of sp³-hybridized carbons (Fsp3) is 0.0769. The van der Waals surface area contributed by atoms with E-state index in [1.807, 2.05) is 16.8 Å². The van der Waals surface area contributed by atoms with Gasteiger partial charge in [0.25, 0.3) is 0 Å². The second kappa shape index (κ2) is 3.59. The lowest BCUT2D eigenvalue weighted by molar-refractivity contribution is 0.907. The average Bonchev–Trinajstić information content (AvgIpc) is 2.74. The van der Waals surface area contributed by atoms with E-state index in [9.17, 15) is 0 Å². The summed E-state index contributed by atoms with van der Waals surface area (Å²) < 4.78 is 1.85. The van der Waals surface area contributed by atoms with E-state index in [0.717, 1.165) is 16.6 Å². The quantitative estimate of drug-likeness (QED) is 0.690. The zero-order valence-electron chi connectivity index (χ0n) is 9.46. The molecule has 0 aliphatic carbocycles. The van der Waals surface area contributed by atoms with Crippen molar-refractivity contribution in [3.63, 3.8) is 0 Å². The number of nitrogen functional groups attached to an aromatic ring is 1. The van der Waals surface area contributed by atoms with E-state index in [1.165, 1.54) is 5.56 Å². The fourth-order valence-electron chi connectivity index (χ4n) is 1.93. The number of pyridine rings is 1. The molecule has 2 heterocycles. The number of aromatic nitrogens is 3. The van der Waals surface area contributed by atoms with Crippen molar-refractivity contribution in [2.45, 2.75) is 6.92 Å². The standard InChI is InChI=1S/C13H12N4/c1-9-3-2-4-10(5-9)17-13-8-15-7-12(14)11(13)6-16-17/h2-8H,14H2,1H3. The first-order chi connectivity index (χ1) is 8.25. The lowest BCUT2D eigenvalue weighted by Gasteiger charge is -2.04. The number of anilines is 1. The molecule has 2 aromatic heterocycles. The van der Waals surface area contributed by atoms with Crippen LogP contribution in [0.25, 0.3) is 16.6 Å². The first-order valence-electron chi connectivity index (χ1n) is 5.40. The van der Waals surface area contributed by atoms with Gasteiger partial charge >= 0.3 is 0 Å². The molecule has 0 saturated carbocycles. The lowest BCUT2D eigenvalue weighted by Crippen LogP contribution is -1.96. The van der Waals surface area contributed by atoms with Crippen molar-refractivity contribution in [3.8, 4) is 5.69 Å². The number of fused-ring (bicyclic) bond motifs is 1. The molecule has 0 bridgehead atoms. The van der Waals surface area contributed by atoms with Crippen LogP contribution < -0.4 is 5.73 Å². The molecule has 0 unspecified atom stereocenters. The van der Waals surface area contributed by atoms with Crippen LogP contribution in [-0.2, 0) is 0 Å². The van der Waals surface area contributed by atoms with E-state index in [2.05, 4.69) is 29.1 Å². The number of rotatable bonds is 1. The second-order valence-corrected chi connectivity index (χ2v) is 4.06. The maximum Gasteiger partial charge on any atom is 0.0944 e. The monoisotopic (exact) mass is 224 g/mol. The van der Waals surface area contributed by atoms with Gasteiger partial charge in [-0.25, -0.2) is 4.68 Å². The van der Waals surface area contributed by atoms with Crippen molar-refractivity contribution in [3.05, 3.63) is 48.4 Å². The van der Waals surface area contributed by atoms with Crippen LogP contribution in [0.1, 0.15) is 5.56 Å². The van der Waals surface area contributed by atoms with Gasteiger partial charge in [0.1, 0.15) is 0 Å². The van der Waals surface area contributed by atoms with Crippen LogP contribution in [0.2, 0.25) is 0 Å². The normalized spacial score (nSPS) is 10.9. The molecule has 1 aromatic carbocycles. The van der Waals surface area contributed by atoms with Crippen LogP contribution in [0.5, 0.6) is 0 Å². The fourth-order valence-corrected chi connectivity index (χ4v) is 1.93. The minimum atomic E-state index is 0.654. The number of aryl methyl sites for hydroxylation is 1. The van der Waals surface area contributed by atoms with Gasteiger partial charge in [-0.3, -0.25) is 4.98 Å². The number of hydrogen-bond acceptors (Lipinski definition) is 3. The van der Waals surface area contributed by atoms with Crippen LogP contribution in [0.4, 0.5) is 5.69 Å². The molecule has 0 spiro atoms. The Labute approximate surface area is 98.7 Å². The summed E-state index contributed by atoms with van der Waals surface area (Å²) in [5, 5.41) is 5.30. The Morgan fingerprint density at radius 3 is 2.88 bits per heavy atom. The van der Waals surface area contributed by atoms with E-state index in [-0.39, 0.29) is 0 Å². The van der Waals surface area contributed by atoms with Crippen molar-refractivity contribution in [2.24, 2.45) is 0 Å². The van der Waals surface area contributed by atoms with Gasteiger partial charge in [-0.2, -0.15) is 5.10 Å². The molecule has 17 heavy (non-hydrogen) atoms. The van der Waals surface area contributed by atoms with E-state index >= 15 is 0 Å². The summed E-state index contributed by atoms with van der Waals surface area (Å²) in [7, 11) is 0. The summed E-state index contributed by atoms with van der Waals surface area (Å²) in [5.41, 5.74) is 9.66. The van der Waals surface area contributed by atoms with Crippen LogP contribution >= 0.6 is 0 Å². The molecule has 4 nitrogen and oxygen atoms in total. The molecule has 0 amide bonds. The molecule has 3 aromatic rings. The summed E-state index contributed by atoms with van der Waals surface area (Å²) in [6.07, 6.45) is 5.19. The Kier molecular flexibility index (Phi) is 2.08. The van der Waals surface area contributed by atoms with E-state index < -0.39 is 0 Å². The van der Waals surface area contributed by atoms with Gasteiger partial charge in [-0.05, 0) is 24.6 Å². The maximum atomic E-state index is 5.86. The number of hydrogen-bond donors (Lipinski definition) is 1. The molecule has 0 radical (unpaired) electrons. The van der Waals surface area contributed by atoms with Crippen LogP contribution in [0, 0.1) is 6.92 Å². The number of benzene rings is 1. The Balaban J connectivity index is 2.28. The molecule has 0 atom stereocenters. The highest BCUT2D eigenvalue weighted by Gasteiger charge is 2.07. The van der Waals surface area contributed by atoms with Gasteiger partial charge in [-0.15, -0.1) is 0 Å². The Hall–Kier alpha value is -2.36. The predicted octanol–water partition coefficient (Wildman–Crippen LogP) is 2.31. The van der Waals surface area contributed by atoms with Gasteiger partial charge in [0.15, 0.2) is 0 Å². The summed E-state index contributed by atoms with van der Waals surface area (Å²) in [6.45, 7) is 2.06. The molecular weight excluding hydrogens is 212 g/mol. The SMILES string of the molecule is Cc1cccc(-n2ncc3c(N)cncc32)c1. The highest BCUT2D eigenvalue weighted by molar-refractivity contribution is 5.89. The molecule has 0 fully saturated rings. The molecule has 3 rings (SSSR count). The Morgan fingerprint density at radius 1 is 1.18 bits per heavy atom. The van der Waals surface area contributed by atoms with Crippen molar-refractivity contribution in [2.75, 3.05) is 5.73 Å². The molecule has 0 aliphatic heterocycles. The molecule has 0 aliphatic rings. The van der Waals surface area contributed by atoms with E-state index in [0.29, 0.717) is 5.69 Å². The summed E-state index contributed by atoms with van der Waals surface area (Å²) in [4.78, 5) is 4.11. The van der Waals surface area contributed by atoms with Gasteiger partial charge in [0, 0.05) is 5.39 Å². The average molecular weight is 224 g/mol. The van der Waals surface area contributed by atoms with Crippen molar-refractivity contribution in [1.82, 2.24) is 14.8 Å². The molecule has 84 valence electrons. The van der Waals surface area contributed by atoms with Crippen LogP contribution in [0.3, 0.4) is 0 Å². The number of nitrogens with zero attached hydrogens (tertiary/aromatic N) is 3. The predicted molar refractivity (Wildman–Crippen MR) is 68.0 cm³/mol. The first kappa shape index (κ1) is 9.84. The van der Waals surface area contributed by atoms with Gasteiger partial charge in [0.2, 0.25) is 0 Å². The van der Waals surface area contributed by atoms with Gasteiger partial charge in [-0.1, -0.05) is 12.1 Å². The maximum absolute atomic E-state index is 5.86. The molecule has 2 N–H and O–H groups in total. The first-order valence-corrected chi connectivity index (χ1v) is 5.40. The van der Waals surface area contributed by atoms with Crippen LogP contribution in [-0.4, -0.2) is 14.8 Å². The van der Waals surface area contributed by atoms with Crippen molar-refractivity contribution < 1.29 is 0 Å². The van der Waals surface area contributed by atoms with Crippen molar-refractivity contribution in [1.29, 1.82) is 0 Å². The third-order valence-electron chi connectivity index (χ3n) is 2.77. The van der Waals surface area contributed by atoms with Gasteiger partial charge in [0.05, 0.1) is 35.5 Å². The highest BCUT2D eigenvalue weighted by Crippen LogP contribution is 2.22. The zero-order valence-corrected chi connectivity index (χ0v) is 9.46. The second-order valence-electron chi connectivity index (χ2n) is 4.06. The van der Waals surface area contributed by atoms with Crippen LogP contribution in [0.15, 0.2) is 42.9 Å². The molecule has 0 saturated heterocycles. The Bertz CT molecular complexity index is 685. The third-order valence-corrected chi connectivity index (χ3v) is 2.77. The minimum Gasteiger partial charge on any atom is -0.397 e. The lowest BCUT2D eigenvalue weighted by atomic mass is 10.2. The number of nitrogens with two attached hydrogens (primary N) is 1.